The lowest BCUT2D eigenvalue weighted by Crippen LogP contribution is -2.24. The van der Waals surface area contributed by atoms with Gasteiger partial charge in [0.15, 0.2) is 5.65 Å². The molecule has 1 saturated carbocycles. The number of nitrogens with one attached hydrogen (secondary N) is 1. The molecule has 0 amide bonds. The lowest BCUT2D eigenvalue weighted by molar-refractivity contribution is 0.0527. The third-order valence-electron chi connectivity index (χ3n) is 5.61. The topological polar surface area (TPSA) is 69.0 Å². The summed E-state index contributed by atoms with van der Waals surface area (Å²) in [5.74, 6) is -0.363. The number of fused-ring (bicyclic) bond motifs is 1. The Labute approximate surface area is 181 Å². The molecule has 30 heavy (non-hydrogen) atoms. The van der Waals surface area contributed by atoms with Crippen molar-refractivity contribution in [3.63, 3.8) is 0 Å². The standard InChI is InChI=1S/C23H27ClN4O2/c1-2-30-23(29)19-13-25-22-18(21(19)27-17-11-7-4-8-12-17)14-26-28(22)15-20(24)16-9-5-3-6-10-16/h3,5-6,9-10,13-14,17,20H,2,4,7-8,11-12,15H2,1H3,(H,25,27). The number of nitrogens with zero attached hydrogens (tertiary/aromatic N) is 3. The van der Waals surface area contributed by atoms with Gasteiger partial charge in [-0.2, -0.15) is 5.10 Å². The van der Waals surface area contributed by atoms with E-state index in [1.807, 2.05) is 30.3 Å². The number of carbonyl (C=O) groups is 1. The zero-order valence-corrected chi connectivity index (χ0v) is 17.9. The summed E-state index contributed by atoms with van der Waals surface area (Å²) in [5, 5.41) is 8.74. The Morgan fingerprint density at radius 3 is 2.73 bits per heavy atom. The van der Waals surface area contributed by atoms with Gasteiger partial charge in [-0.3, -0.25) is 0 Å². The summed E-state index contributed by atoms with van der Waals surface area (Å²) in [5.41, 5.74) is 2.97. The van der Waals surface area contributed by atoms with E-state index in [-0.39, 0.29) is 11.3 Å². The predicted octanol–water partition coefficient (Wildman–Crippen LogP) is 5.33. The first kappa shape index (κ1) is 20.7. The molecule has 0 spiro atoms. The quantitative estimate of drug-likeness (QED) is 0.408. The van der Waals surface area contributed by atoms with E-state index in [2.05, 4.69) is 15.4 Å². The van der Waals surface area contributed by atoms with Gasteiger partial charge >= 0.3 is 5.97 Å². The van der Waals surface area contributed by atoms with Crippen molar-refractivity contribution in [1.82, 2.24) is 14.8 Å². The third kappa shape index (κ3) is 4.43. The van der Waals surface area contributed by atoms with Crippen molar-refractivity contribution < 1.29 is 9.53 Å². The van der Waals surface area contributed by atoms with Crippen LogP contribution < -0.4 is 5.32 Å². The van der Waals surface area contributed by atoms with E-state index in [9.17, 15) is 4.79 Å². The average Bonchev–Trinajstić information content (AvgIpc) is 3.18. The SMILES string of the molecule is CCOC(=O)c1cnc2c(cnn2CC(Cl)c2ccccc2)c1NC1CCCCC1. The Bertz CT molecular complexity index is 999. The number of ether oxygens (including phenoxy) is 1. The molecule has 1 aliphatic rings. The van der Waals surface area contributed by atoms with Gasteiger partial charge in [0.05, 0.1) is 35.8 Å². The van der Waals surface area contributed by atoms with Gasteiger partial charge in [-0.25, -0.2) is 14.5 Å². The molecule has 1 aromatic carbocycles. The summed E-state index contributed by atoms with van der Waals surface area (Å²) in [4.78, 5) is 17.1. The number of esters is 1. The molecule has 2 aromatic heterocycles. The molecule has 158 valence electrons. The second kappa shape index (κ2) is 9.47. The molecular weight excluding hydrogens is 400 g/mol. The first-order valence-electron chi connectivity index (χ1n) is 10.6. The van der Waals surface area contributed by atoms with E-state index in [4.69, 9.17) is 16.3 Å². The van der Waals surface area contributed by atoms with E-state index >= 15 is 0 Å². The Kier molecular flexibility index (Phi) is 6.53. The zero-order valence-electron chi connectivity index (χ0n) is 17.2. The molecule has 1 N–H and O–H groups in total. The van der Waals surface area contributed by atoms with E-state index in [0.717, 1.165) is 29.5 Å². The molecule has 6 nitrogen and oxygen atoms in total. The minimum Gasteiger partial charge on any atom is -0.462 e. The number of anilines is 1. The van der Waals surface area contributed by atoms with Crippen molar-refractivity contribution in [2.24, 2.45) is 0 Å². The Balaban J connectivity index is 1.68. The van der Waals surface area contributed by atoms with Gasteiger partial charge in [0.2, 0.25) is 0 Å². The molecule has 3 aromatic rings. The van der Waals surface area contributed by atoms with Crippen LogP contribution in [-0.2, 0) is 11.3 Å². The summed E-state index contributed by atoms with van der Waals surface area (Å²) in [7, 11) is 0. The van der Waals surface area contributed by atoms with Crippen LogP contribution in [0.25, 0.3) is 11.0 Å². The molecule has 7 heteroatoms. The number of alkyl halides is 1. The number of halogens is 1. The number of carbonyl (C=O) groups excluding carboxylic acids is 1. The number of hydrogen-bond donors (Lipinski definition) is 1. The maximum atomic E-state index is 12.6. The maximum Gasteiger partial charge on any atom is 0.341 e. The van der Waals surface area contributed by atoms with Gasteiger partial charge in [0, 0.05) is 12.2 Å². The number of rotatable bonds is 7. The summed E-state index contributed by atoms with van der Waals surface area (Å²) >= 11 is 6.64. The molecule has 1 fully saturated rings. The summed E-state index contributed by atoms with van der Waals surface area (Å²) < 4.78 is 7.08. The second-order valence-electron chi connectivity index (χ2n) is 7.69. The van der Waals surface area contributed by atoms with Gasteiger partial charge in [-0.1, -0.05) is 49.6 Å². The fraction of sp³-hybridized carbons (Fsp3) is 0.435. The monoisotopic (exact) mass is 426 g/mol. The normalized spacial score (nSPS) is 15.8. The highest BCUT2D eigenvalue weighted by Gasteiger charge is 2.23. The molecule has 2 heterocycles. The van der Waals surface area contributed by atoms with Gasteiger partial charge in [-0.15, -0.1) is 11.6 Å². The molecule has 0 aliphatic heterocycles. The molecule has 0 saturated heterocycles. The smallest absolute Gasteiger partial charge is 0.341 e. The Morgan fingerprint density at radius 2 is 2.00 bits per heavy atom. The molecular formula is C23H27ClN4O2. The van der Waals surface area contributed by atoms with Crippen LogP contribution in [-0.4, -0.2) is 33.4 Å². The minimum absolute atomic E-state index is 0.226. The second-order valence-corrected chi connectivity index (χ2v) is 8.22. The summed E-state index contributed by atoms with van der Waals surface area (Å²) in [6.07, 6.45) is 9.22. The van der Waals surface area contributed by atoms with Gasteiger partial charge in [-0.05, 0) is 25.3 Å². The molecule has 1 unspecified atom stereocenters. The fourth-order valence-corrected chi connectivity index (χ4v) is 4.33. The highest BCUT2D eigenvalue weighted by Crippen LogP contribution is 2.31. The molecule has 0 radical (unpaired) electrons. The highest BCUT2D eigenvalue weighted by molar-refractivity contribution is 6.20. The van der Waals surface area contributed by atoms with Crippen LogP contribution >= 0.6 is 11.6 Å². The lowest BCUT2D eigenvalue weighted by atomic mass is 9.95. The van der Waals surface area contributed by atoms with Crippen molar-refractivity contribution >= 4 is 34.3 Å². The minimum atomic E-state index is -0.363. The first-order valence-corrected chi connectivity index (χ1v) is 11.1. The number of hydrogen-bond acceptors (Lipinski definition) is 5. The predicted molar refractivity (Wildman–Crippen MR) is 119 cm³/mol. The maximum absolute atomic E-state index is 12.6. The number of pyridine rings is 1. The Hall–Kier alpha value is -2.60. The van der Waals surface area contributed by atoms with E-state index in [1.165, 1.54) is 19.3 Å². The van der Waals surface area contributed by atoms with Crippen LogP contribution in [0.2, 0.25) is 0 Å². The van der Waals surface area contributed by atoms with Gasteiger partial charge in [0.25, 0.3) is 0 Å². The van der Waals surface area contributed by atoms with Crippen LogP contribution in [0, 0.1) is 0 Å². The van der Waals surface area contributed by atoms with Crippen LogP contribution in [0.3, 0.4) is 0 Å². The van der Waals surface area contributed by atoms with Crippen molar-refractivity contribution in [2.75, 3.05) is 11.9 Å². The third-order valence-corrected chi connectivity index (χ3v) is 6.00. The van der Waals surface area contributed by atoms with Crippen LogP contribution in [0.4, 0.5) is 5.69 Å². The molecule has 1 atom stereocenters. The summed E-state index contributed by atoms with van der Waals surface area (Å²) in [6, 6.07) is 10.3. The highest BCUT2D eigenvalue weighted by atomic mass is 35.5. The van der Waals surface area contributed by atoms with Crippen LogP contribution in [0.5, 0.6) is 0 Å². The zero-order chi connectivity index (χ0) is 20.9. The van der Waals surface area contributed by atoms with Gasteiger partial charge in [0.1, 0.15) is 5.56 Å². The van der Waals surface area contributed by atoms with Gasteiger partial charge < -0.3 is 10.1 Å². The molecule has 1 aliphatic carbocycles. The number of benzene rings is 1. The van der Waals surface area contributed by atoms with Crippen LogP contribution in [0.15, 0.2) is 42.7 Å². The summed E-state index contributed by atoms with van der Waals surface area (Å²) in [6.45, 7) is 2.62. The molecule has 0 bridgehead atoms. The Morgan fingerprint density at radius 1 is 1.23 bits per heavy atom. The van der Waals surface area contributed by atoms with Crippen molar-refractivity contribution in [3.8, 4) is 0 Å². The first-order chi connectivity index (χ1) is 14.7. The van der Waals surface area contributed by atoms with E-state index in [1.54, 1.807) is 24.0 Å². The van der Waals surface area contributed by atoms with Crippen molar-refractivity contribution in [3.05, 3.63) is 53.9 Å². The largest absolute Gasteiger partial charge is 0.462 e. The fourth-order valence-electron chi connectivity index (χ4n) is 4.05. The number of aromatic nitrogens is 3. The van der Waals surface area contributed by atoms with E-state index in [0.29, 0.717) is 30.4 Å². The molecule has 4 rings (SSSR count). The van der Waals surface area contributed by atoms with Crippen LogP contribution in [0.1, 0.15) is 60.3 Å². The van der Waals surface area contributed by atoms with E-state index < -0.39 is 0 Å². The average molecular weight is 427 g/mol. The van der Waals surface area contributed by atoms with Crippen molar-refractivity contribution in [1.29, 1.82) is 0 Å². The lowest BCUT2D eigenvalue weighted by Gasteiger charge is -2.25. The van der Waals surface area contributed by atoms with Crippen molar-refractivity contribution in [2.45, 2.75) is 57.0 Å².